The lowest BCUT2D eigenvalue weighted by molar-refractivity contribution is -0.0730. The van der Waals surface area contributed by atoms with Gasteiger partial charge in [-0.15, -0.1) is 0 Å². The van der Waals surface area contributed by atoms with Crippen molar-refractivity contribution >= 4 is 0 Å². The van der Waals surface area contributed by atoms with Gasteiger partial charge in [0.05, 0.1) is 13.2 Å². The van der Waals surface area contributed by atoms with E-state index in [1.807, 2.05) is 0 Å². The van der Waals surface area contributed by atoms with Gasteiger partial charge in [-0.1, -0.05) is 50.7 Å². The molecule has 142 valence electrons. The van der Waals surface area contributed by atoms with E-state index in [1.165, 1.54) is 44.9 Å². The van der Waals surface area contributed by atoms with E-state index in [0.717, 1.165) is 12.8 Å². The van der Waals surface area contributed by atoms with Crippen LogP contribution >= 0.6 is 0 Å². The van der Waals surface area contributed by atoms with Gasteiger partial charge in [0, 0.05) is 6.61 Å². The van der Waals surface area contributed by atoms with Crippen molar-refractivity contribution in [3.05, 3.63) is 12.2 Å². The summed E-state index contributed by atoms with van der Waals surface area (Å²) in [5, 5.41) is 28.4. The average molecular weight is 344 g/mol. The molecule has 0 unspecified atom stereocenters. The summed E-state index contributed by atoms with van der Waals surface area (Å²) in [7, 11) is 0. The van der Waals surface area contributed by atoms with Gasteiger partial charge in [0.25, 0.3) is 0 Å². The Kier molecular flexibility index (Phi) is 12.4. The number of allylic oxidation sites excluding steroid dienone is 2. The minimum Gasteiger partial charge on any atom is -0.394 e. The minimum atomic E-state index is -1.05. The highest BCUT2D eigenvalue weighted by atomic mass is 16.6. The van der Waals surface area contributed by atoms with Crippen LogP contribution in [0.1, 0.15) is 64.7 Å². The molecule has 1 saturated heterocycles. The largest absolute Gasteiger partial charge is 0.394 e. The maximum absolute atomic E-state index is 10.0. The van der Waals surface area contributed by atoms with E-state index in [4.69, 9.17) is 14.6 Å². The third-order valence-corrected chi connectivity index (χ3v) is 4.57. The fraction of sp³-hybridized carbons (Fsp3) is 0.895. The molecule has 4 atom stereocenters. The smallest absolute Gasteiger partial charge is 0.114 e. The first-order chi connectivity index (χ1) is 11.7. The Balaban J connectivity index is 1.90. The van der Waals surface area contributed by atoms with Crippen LogP contribution in [-0.2, 0) is 9.47 Å². The second-order valence-electron chi connectivity index (χ2n) is 6.63. The highest BCUT2D eigenvalue weighted by Crippen LogP contribution is 2.20. The first kappa shape index (κ1) is 21.6. The molecule has 24 heavy (non-hydrogen) atoms. The van der Waals surface area contributed by atoms with Crippen molar-refractivity contribution in [3.8, 4) is 0 Å². The van der Waals surface area contributed by atoms with Crippen LogP contribution in [0.4, 0.5) is 0 Å². The molecule has 1 aliphatic rings. The predicted molar refractivity (Wildman–Crippen MR) is 94.9 cm³/mol. The lowest BCUT2D eigenvalue weighted by Gasteiger charge is -2.20. The number of hydrogen-bond donors (Lipinski definition) is 3. The molecule has 0 bridgehead atoms. The zero-order chi connectivity index (χ0) is 17.6. The van der Waals surface area contributed by atoms with Gasteiger partial charge in [-0.3, -0.25) is 0 Å². The fourth-order valence-corrected chi connectivity index (χ4v) is 3.03. The van der Waals surface area contributed by atoms with Crippen LogP contribution in [-0.4, -0.2) is 59.6 Å². The van der Waals surface area contributed by atoms with Crippen molar-refractivity contribution in [2.75, 3.05) is 19.8 Å². The second kappa shape index (κ2) is 13.8. The molecule has 1 aliphatic heterocycles. The van der Waals surface area contributed by atoms with Gasteiger partial charge in [0.15, 0.2) is 0 Å². The van der Waals surface area contributed by atoms with Crippen LogP contribution in [0.2, 0.25) is 0 Å². The van der Waals surface area contributed by atoms with Crippen molar-refractivity contribution in [2.45, 2.75) is 89.1 Å². The number of ether oxygens (including phenoxy) is 2. The molecule has 0 aromatic rings. The Hall–Kier alpha value is -0.460. The highest BCUT2D eigenvalue weighted by Gasteiger charge is 2.40. The first-order valence-corrected chi connectivity index (χ1v) is 9.52. The molecule has 3 N–H and O–H groups in total. The van der Waals surface area contributed by atoms with Crippen molar-refractivity contribution in [1.29, 1.82) is 0 Å². The van der Waals surface area contributed by atoms with Crippen molar-refractivity contribution < 1.29 is 24.8 Å². The maximum atomic E-state index is 10.0. The topological polar surface area (TPSA) is 79.2 Å². The van der Waals surface area contributed by atoms with E-state index in [2.05, 4.69) is 19.1 Å². The minimum absolute atomic E-state index is 0.274. The molecule has 0 radical (unpaired) electrons. The summed E-state index contributed by atoms with van der Waals surface area (Å²) in [6, 6.07) is 0. The first-order valence-electron chi connectivity index (χ1n) is 9.52. The number of hydrogen-bond acceptors (Lipinski definition) is 5. The lowest BCUT2D eigenvalue weighted by Crippen LogP contribution is -2.41. The SMILES string of the molecule is C/C=C/CCCCCCCCCCO[C@@H]1CO[C@@H]([C@@H](O)CO)[C@H]1O. The molecule has 1 rings (SSSR count). The van der Waals surface area contributed by atoms with Gasteiger partial charge in [0.2, 0.25) is 0 Å². The Bertz CT molecular complexity index is 321. The summed E-state index contributed by atoms with van der Waals surface area (Å²) in [6.45, 7) is 2.54. The van der Waals surface area contributed by atoms with E-state index in [-0.39, 0.29) is 6.61 Å². The van der Waals surface area contributed by atoms with Gasteiger partial charge in [-0.05, 0) is 26.2 Å². The van der Waals surface area contributed by atoms with Gasteiger partial charge in [0.1, 0.15) is 24.4 Å². The molecule has 0 spiro atoms. The molecule has 0 saturated carbocycles. The quantitative estimate of drug-likeness (QED) is 0.333. The molecule has 0 aliphatic carbocycles. The lowest BCUT2D eigenvalue weighted by atomic mass is 10.1. The van der Waals surface area contributed by atoms with E-state index < -0.39 is 31.0 Å². The summed E-state index contributed by atoms with van der Waals surface area (Å²) in [5.41, 5.74) is 0. The summed E-state index contributed by atoms with van der Waals surface area (Å²) in [6.07, 6.45) is 12.4. The Morgan fingerprint density at radius 1 is 1.08 bits per heavy atom. The summed E-state index contributed by atoms with van der Waals surface area (Å²) in [5.74, 6) is 0. The molecule has 5 heteroatoms. The molecule has 0 aromatic carbocycles. The zero-order valence-electron chi connectivity index (χ0n) is 15.1. The highest BCUT2D eigenvalue weighted by molar-refractivity contribution is 4.88. The summed E-state index contributed by atoms with van der Waals surface area (Å²) >= 11 is 0. The molecular weight excluding hydrogens is 308 g/mol. The van der Waals surface area contributed by atoms with Crippen LogP contribution in [0.5, 0.6) is 0 Å². The number of rotatable bonds is 14. The monoisotopic (exact) mass is 344 g/mol. The van der Waals surface area contributed by atoms with E-state index in [9.17, 15) is 10.2 Å². The van der Waals surface area contributed by atoms with E-state index in [0.29, 0.717) is 6.61 Å². The van der Waals surface area contributed by atoms with Crippen LogP contribution < -0.4 is 0 Å². The Morgan fingerprint density at radius 3 is 2.33 bits per heavy atom. The summed E-state index contributed by atoms with van der Waals surface area (Å²) < 4.78 is 10.9. The van der Waals surface area contributed by atoms with Gasteiger partial charge in [-0.2, -0.15) is 0 Å². The predicted octanol–water partition coefficient (Wildman–Crippen LogP) is 2.57. The fourth-order valence-electron chi connectivity index (χ4n) is 3.03. The maximum Gasteiger partial charge on any atom is 0.114 e. The molecule has 0 amide bonds. The summed E-state index contributed by atoms with van der Waals surface area (Å²) in [4.78, 5) is 0. The van der Waals surface area contributed by atoms with E-state index in [1.54, 1.807) is 0 Å². The van der Waals surface area contributed by atoms with Crippen LogP contribution in [0.3, 0.4) is 0 Å². The molecule has 5 nitrogen and oxygen atoms in total. The van der Waals surface area contributed by atoms with Crippen molar-refractivity contribution in [3.63, 3.8) is 0 Å². The van der Waals surface area contributed by atoms with Crippen molar-refractivity contribution in [2.24, 2.45) is 0 Å². The second-order valence-corrected chi connectivity index (χ2v) is 6.63. The molecular formula is C19H36O5. The van der Waals surface area contributed by atoms with E-state index >= 15 is 0 Å². The molecule has 1 heterocycles. The van der Waals surface area contributed by atoms with Gasteiger partial charge >= 0.3 is 0 Å². The third-order valence-electron chi connectivity index (χ3n) is 4.57. The van der Waals surface area contributed by atoms with Crippen molar-refractivity contribution in [1.82, 2.24) is 0 Å². The zero-order valence-corrected chi connectivity index (χ0v) is 15.1. The standard InChI is InChI=1S/C19H36O5/c1-2-3-4-5-6-7-8-9-10-11-12-13-23-17-15-24-19(18(17)22)16(21)14-20/h2-3,16-22H,4-15H2,1H3/b3-2+/t16-,17+,18-,19-/m0/s1. The molecule has 0 aromatic heterocycles. The average Bonchev–Trinajstić information content (AvgIpc) is 2.96. The normalized spacial score (nSPS) is 25.6. The van der Waals surface area contributed by atoms with Gasteiger partial charge < -0.3 is 24.8 Å². The van der Waals surface area contributed by atoms with Crippen LogP contribution in [0.15, 0.2) is 12.2 Å². The van der Waals surface area contributed by atoms with Crippen LogP contribution in [0.25, 0.3) is 0 Å². The van der Waals surface area contributed by atoms with Crippen LogP contribution in [0, 0.1) is 0 Å². The number of aliphatic hydroxyl groups excluding tert-OH is 3. The Labute approximate surface area is 146 Å². The molecule has 1 fully saturated rings. The third kappa shape index (κ3) is 8.58. The van der Waals surface area contributed by atoms with Gasteiger partial charge in [-0.25, -0.2) is 0 Å². The number of aliphatic hydroxyl groups is 3. The Morgan fingerprint density at radius 2 is 1.71 bits per heavy atom. The number of unbranched alkanes of at least 4 members (excludes halogenated alkanes) is 8.